The molecule has 2 aliphatic rings. The number of hydrogen-bond acceptors (Lipinski definition) is 8. The summed E-state index contributed by atoms with van der Waals surface area (Å²) in [5.41, 5.74) is 11.2. The van der Waals surface area contributed by atoms with E-state index in [-0.39, 0.29) is 26.4 Å². The molecular weight excluding hydrogens is 252 g/mol. The third-order valence-corrected chi connectivity index (χ3v) is 3.59. The normalized spacial score (nSPS) is 38.7. The molecule has 0 amide bonds. The van der Waals surface area contributed by atoms with Gasteiger partial charge in [-0.05, 0) is 0 Å². The molecule has 8 nitrogen and oxygen atoms in total. The van der Waals surface area contributed by atoms with Gasteiger partial charge in [-0.1, -0.05) is 0 Å². The summed E-state index contributed by atoms with van der Waals surface area (Å²) in [6.45, 7) is 0.812. The predicted octanol–water partition coefficient (Wildman–Crippen LogP) is -2.28. The molecule has 4 N–H and O–H groups in total. The smallest absolute Gasteiger partial charge is 0.377 e. The summed E-state index contributed by atoms with van der Waals surface area (Å²) < 4.78 is 42.7. The lowest BCUT2D eigenvalue weighted by atomic mass is 10.2. The molecule has 0 radical (unpaired) electrons. The van der Waals surface area contributed by atoms with Gasteiger partial charge in [-0.2, -0.15) is 8.42 Å². The van der Waals surface area contributed by atoms with E-state index in [1.54, 1.807) is 0 Å². The second kappa shape index (κ2) is 5.14. The minimum Gasteiger partial charge on any atom is -0.377 e. The van der Waals surface area contributed by atoms with Gasteiger partial charge in [-0.25, -0.2) is 8.37 Å². The lowest BCUT2D eigenvalue weighted by Crippen LogP contribution is -2.40. The average molecular weight is 268 g/mol. The van der Waals surface area contributed by atoms with E-state index < -0.39 is 34.7 Å². The molecule has 0 aromatic heterocycles. The van der Waals surface area contributed by atoms with E-state index in [1.807, 2.05) is 0 Å². The summed E-state index contributed by atoms with van der Waals surface area (Å²) in [5, 5.41) is 0. The van der Waals surface area contributed by atoms with Gasteiger partial charge in [0.05, 0.1) is 38.5 Å². The van der Waals surface area contributed by atoms with E-state index in [1.165, 1.54) is 0 Å². The fourth-order valence-electron chi connectivity index (χ4n) is 1.63. The Morgan fingerprint density at radius 2 is 1.29 bits per heavy atom. The Hall–Kier alpha value is -0.290. The topological polar surface area (TPSA) is 123 Å². The Kier molecular flexibility index (Phi) is 3.98. The molecule has 2 heterocycles. The third-order valence-electron chi connectivity index (χ3n) is 2.62. The maximum atomic E-state index is 11.6. The van der Waals surface area contributed by atoms with Gasteiger partial charge in [-0.3, -0.25) is 0 Å². The van der Waals surface area contributed by atoms with Crippen LogP contribution in [0.1, 0.15) is 0 Å². The summed E-state index contributed by atoms with van der Waals surface area (Å²) in [6, 6.07) is -0.941. The highest BCUT2D eigenvalue weighted by Gasteiger charge is 2.35. The summed E-state index contributed by atoms with van der Waals surface area (Å²) in [5.74, 6) is 0. The minimum atomic E-state index is -4.13. The molecule has 0 aromatic carbocycles. The number of ether oxygens (including phenoxy) is 2. The van der Waals surface area contributed by atoms with Crippen molar-refractivity contribution in [2.75, 3.05) is 26.4 Å². The average Bonchev–Trinajstić information content (AvgIpc) is 2.78. The fourth-order valence-corrected chi connectivity index (χ4v) is 2.67. The van der Waals surface area contributed by atoms with Crippen LogP contribution in [0.25, 0.3) is 0 Å². The molecule has 0 unspecified atom stereocenters. The van der Waals surface area contributed by atoms with Crippen LogP contribution in [0.5, 0.6) is 0 Å². The largest absolute Gasteiger partial charge is 0.400 e. The molecule has 9 heteroatoms. The summed E-state index contributed by atoms with van der Waals surface area (Å²) in [4.78, 5) is 0. The number of hydrogen-bond donors (Lipinski definition) is 2. The van der Waals surface area contributed by atoms with Crippen molar-refractivity contribution in [3.05, 3.63) is 0 Å². The van der Waals surface area contributed by atoms with E-state index in [9.17, 15) is 8.42 Å². The highest BCUT2D eigenvalue weighted by Crippen LogP contribution is 2.16. The van der Waals surface area contributed by atoms with Crippen molar-refractivity contribution >= 4 is 10.4 Å². The van der Waals surface area contributed by atoms with Gasteiger partial charge in [0.2, 0.25) is 0 Å². The molecule has 0 spiro atoms. The molecule has 0 bridgehead atoms. The lowest BCUT2D eigenvalue weighted by Gasteiger charge is -2.17. The molecule has 4 atom stereocenters. The first kappa shape index (κ1) is 13.1. The van der Waals surface area contributed by atoms with Crippen molar-refractivity contribution in [3.63, 3.8) is 0 Å². The van der Waals surface area contributed by atoms with Crippen molar-refractivity contribution in [2.45, 2.75) is 24.3 Å². The third kappa shape index (κ3) is 3.35. The lowest BCUT2D eigenvalue weighted by molar-refractivity contribution is 0.0923. The van der Waals surface area contributed by atoms with Gasteiger partial charge < -0.3 is 20.9 Å². The standard InChI is InChI=1S/C8H16N2O6S/c9-5-1-13-3-7(5)15-17(11,12)16-8-4-14-2-6(8)10/h5-8H,1-4,9-10H2/t5-,6-,7-,8-/m1/s1. The van der Waals surface area contributed by atoms with E-state index in [2.05, 4.69) is 0 Å². The first-order valence-corrected chi connectivity index (χ1v) is 6.59. The van der Waals surface area contributed by atoms with Gasteiger partial charge in [0, 0.05) is 0 Å². The maximum absolute atomic E-state index is 11.6. The molecule has 2 saturated heterocycles. The first-order valence-electron chi connectivity index (χ1n) is 5.26. The molecular formula is C8H16N2O6S. The van der Waals surface area contributed by atoms with Gasteiger partial charge in [0.25, 0.3) is 0 Å². The van der Waals surface area contributed by atoms with E-state index in [0.717, 1.165) is 0 Å². The zero-order valence-electron chi connectivity index (χ0n) is 9.15. The molecule has 2 aliphatic heterocycles. The molecule has 17 heavy (non-hydrogen) atoms. The quantitative estimate of drug-likeness (QED) is 0.584. The Morgan fingerprint density at radius 3 is 1.59 bits per heavy atom. The van der Waals surface area contributed by atoms with Crippen LogP contribution in [-0.2, 0) is 28.2 Å². The fraction of sp³-hybridized carbons (Fsp3) is 1.00. The van der Waals surface area contributed by atoms with Crippen LogP contribution in [0.2, 0.25) is 0 Å². The number of nitrogens with two attached hydrogens (primary N) is 2. The Labute approximate surface area is 99.5 Å². The zero-order valence-corrected chi connectivity index (χ0v) is 9.97. The first-order chi connectivity index (χ1) is 7.98. The van der Waals surface area contributed by atoms with Gasteiger partial charge >= 0.3 is 10.4 Å². The maximum Gasteiger partial charge on any atom is 0.400 e. The van der Waals surface area contributed by atoms with Gasteiger partial charge in [0.15, 0.2) is 0 Å². The second-order valence-corrected chi connectivity index (χ2v) is 5.28. The van der Waals surface area contributed by atoms with Crippen LogP contribution in [-0.4, -0.2) is 59.1 Å². The van der Waals surface area contributed by atoms with E-state index in [0.29, 0.717) is 0 Å². The minimum absolute atomic E-state index is 0.136. The van der Waals surface area contributed by atoms with Crippen molar-refractivity contribution in [1.29, 1.82) is 0 Å². The summed E-state index contributed by atoms with van der Waals surface area (Å²) in [7, 11) is -4.13. The molecule has 0 aliphatic carbocycles. The van der Waals surface area contributed by atoms with Gasteiger partial charge in [-0.15, -0.1) is 0 Å². The molecule has 2 fully saturated rings. The van der Waals surface area contributed by atoms with Crippen LogP contribution in [0.15, 0.2) is 0 Å². The van der Waals surface area contributed by atoms with Crippen molar-refractivity contribution in [2.24, 2.45) is 11.5 Å². The van der Waals surface area contributed by atoms with Crippen LogP contribution < -0.4 is 11.5 Å². The van der Waals surface area contributed by atoms with Crippen molar-refractivity contribution in [3.8, 4) is 0 Å². The predicted molar refractivity (Wildman–Crippen MR) is 56.3 cm³/mol. The van der Waals surface area contributed by atoms with E-state index in [4.69, 9.17) is 29.3 Å². The van der Waals surface area contributed by atoms with Crippen molar-refractivity contribution in [1.82, 2.24) is 0 Å². The van der Waals surface area contributed by atoms with Crippen LogP contribution >= 0.6 is 0 Å². The molecule has 0 aromatic rings. The SMILES string of the molecule is N[C@@H]1COC[C@H]1OS(=O)(=O)O[C@@H]1COC[C@H]1N. The van der Waals surface area contributed by atoms with Crippen molar-refractivity contribution < 1.29 is 26.3 Å². The molecule has 0 saturated carbocycles. The molecule has 100 valence electrons. The van der Waals surface area contributed by atoms with Gasteiger partial charge in [0.1, 0.15) is 12.2 Å². The molecule has 2 rings (SSSR count). The van der Waals surface area contributed by atoms with Crippen LogP contribution in [0.4, 0.5) is 0 Å². The second-order valence-electron chi connectivity index (χ2n) is 4.08. The van der Waals surface area contributed by atoms with Crippen LogP contribution in [0.3, 0.4) is 0 Å². The summed E-state index contributed by atoms with van der Waals surface area (Å²) >= 11 is 0. The summed E-state index contributed by atoms with van der Waals surface area (Å²) in [6.07, 6.45) is -1.42. The number of rotatable bonds is 4. The Balaban J connectivity index is 1.90. The highest BCUT2D eigenvalue weighted by atomic mass is 32.3. The Morgan fingerprint density at radius 1 is 0.882 bits per heavy atom. The van der Waals surface area contributed by atoms with Crippen LogP contribution in [0, 0.1) is 0 Å². The highest BCUT2D eigenvalue weighted by molar-refractivity contribution is 7.81. The van der Waals surface area contributed by atoms with E-state index >= 15 is 0 Å². The Bertz CT molecular complexity index is 333. The zero-order chi connectivity index (χ0) is 12.5. The monoisotopic (exact) mass is 268 g/mol.